The lowest BCUT2D eigenvalue weighted by Gasteiger charge is -2.43. The fourth-order valence-corrected chi connectivity index (χ4v) is 4.92. The predicted octanol–water partition coefficient (Wildman–Crippen LogP) is -0.534. The molecule has 2 N–H and O–H groups in total. The van der Waals surface area contributed by atoms with Gasteiger partial charge in [-0.05, 0) is 45.2 Å². The Labute approximate surface area is 142 Å². The molecule has 4 heterocycles. The second-order valence-corrected chi connectivity index (χ2v) is 7.57. The van der Waals surface area contributed by atoms with Gasteiger partial charge >= 0.3 is 0 Å². The fraction of sp³-hybridized carbons (Fsp3) is 0.824. The molecule has 0 aromatic carbocycles. The molecule has 4 rings (SSSR count). The number of piperazine rings is 1. The van der Waals surface area contributed by atoms with Crippen molar-refractivity contribution in [2.75, 3.05) is 26.2 Å². The van der Waals surface area contributed by atoms with Crippen LogP contribution in [0, 0.1) is 5.92 Å². The molecule has 4 atom stereocenters. The highest BCUT2D eigenvalue weighted by Gasteiger charge is 2.44. The van der Waals surface area contributed by atoms with Crippen LogP contribution in [0.5, 0.6) is 0 Å². The predicted molar refractivity (Wildman–Crippen MR) is 87.0 cm³/mol. The molecular formula is C17H26N4O3. The molecule has 0 unspecified atom stereocenters. The maximum absolute atomic E-state index is 12.8. The van der Waals surface area contributed by atoms with E-state index in [2.05, 4.69) is 15.5 Å². The van der Waals surface area contributed by atoms with Crippen molar-refractivity contribution < 1.29 is 14.4 Å². The third kappa shape index (κ3) is 2.79. The number of rotatable bonds is 2. The summed E-state index contributed by atoms with van der Waals surface area (Å²) in [6.07, 6.45) is 6.12. The van der Waals surface area contributed by atoms with Gasteiger partial charge in [0.1, 0.15) is 6.04 Å². The smallest absolute Gasteiger partial charge is 0.243 e. The van der Waals surface area contributed by atoms with Crippen LogP contribution in [-0.4, -0.2) is 71.8 Å². The van der Waals surface area contributed by atoms with Gasteiger partial charge in [0.05, 0.1) is 12.5 Å². The molecule has 4 fully saturated rings. The highest BCUT2D eigenvalue weighted by atomic mass is 16.2. The second kappa shape index (κ2) is 6.35. The zero-order chi connectivity index (χ0) is 16.7. The Bertz CT molecular complexity index is 526. The molecule has 7 heteroatoms. The van der Waals surface area contributed by atoms with Crippen LogP contribution in [0.2, 0.25) is 0 Å². The SMILES string of the molecule is O=C(N[C@@H]1C[C@H]2C(=O)NCC(=O)N2C1)[C@@H]1CCCN2CCCC[C@H]12. The average molecular weight is 334 g/mol. The van der Waals surface area contributed by atoms with E-state index in [0.29, 0.717) is 19.0 Å². The zero-order valence-corrected chi connectivity index (χ0v) is 14.0. The molecule has 7 nitrogen and oxygen atoms in total. The number of piperidine rings is 2. The van der Waals surface area contributed by atoms with E-state index in [1.807, 2.05) is 0 Å². The molecule has 0 aliphatic carbocycles. The van der Waals surface area contributed by atoms with E-state index in [-0.39, 0.29) is 36.2 Å². The van der Waals surface area contributed by atoms with Crippen LogP contribution in [0.15, 0.2) is 0 Å². The normalized spacial score (nSPS) is 36.8. The number of fused-ring (bicyclic) bond motifs is 2. The largest absolute Gasteiger partial charge is 0.351 e. The lowest BCUT2D eigenvalue weighted by atomic mass is 9.83. The number of hydrogen-bond donors (Lipinski definition) is 2. The van der Waals surface area contributed by atoms with Crippen LogP contribution in [0.25, 0.3) is 0 Å². The van der Waals surface area contributed by atoms with E-state index in [1.165, 1.54) is 12.8 Å². The monoisotopic (exact) mass is 334 g/mol. The Balaban J connectivity index is 1.39. The maximum atomic E-state index is 12.8. The summed E-state index contributed by atoms with van der Waals surface area (Å²) in [5.74, 6) is 0.0282. The van der Waals surface area contributed by atoms with Crippen LogP contribution in [0.1, 0.15) is 38.5 Å². The van der Waals surface area contributed by atoms with Crippen LogP contribution < -0.4 is 10.6 Å². The second-order valence-electron chi connectivity index (χ2n) is 7.57. The van der Waals surface area contributed by atoms with E-state index >= 15 is 0 Å². The van der Waals surface area contributed by atoms with E-state index < -0.39 is 6.04 Å². The third-order valence-corrected chi connectivity index (χ3v) is 6.11. The van der Waals surface area contributed by atoms with E-state index in [4.69, 9.17) is 0 Å². The van der Waals surface area contributed by atoms with Crippen LogP contribution in [-0.2, 0) is 14.4 Å². The molecule has 0 saturated carbocycles. The number of nitrogens with zero attached hydrogens (tertiary/aromatic N) is 2. The first-order chi connectivity index (χ1) is 11.6. The molecule has 24 heavy (non-hydrogen) atoms. The molecule has 0 aromatic rings. The lowest BCUT2D eigenvalue weighted by Crippen LogP contribution is -2.55. The third-order valence-electron chi connectivity index (χ3n) is 6.11. The molecule has 0 radical (unpaired) electrons. The van der Waals surface area contributed by atoms with Crippen LogP contribution >= 0.6 is 0 Å². The Morgan fingerprint density at radius 1 is 1.12 bits per heavy atom. The molecule has 0 aromatic heterocycles. The van der Waals surface area contributed by atoms with E-state index in [0.717, 1.165) is 32.4 Å². The number of carbonyl (C=O) groups excluding carboxylic acids is 3. The van der Waals surface area contributed by atoms with Gasteiger partial charge < -0.3 is 15.5 Å². The van der Waals surface area contributed by atoms with Gasteiger partial charge in [-0.25, -0.2) is 0 Å². The number of amides is 3. The Kier molecular flexibility index (Phi) is 4.20. The van der Waals surface area contributed by atoms with Gasteiger partial charge in [0, 0.05) is 18.6 Å². The average Bonchev–Trinajstić information content (AvgIpc) is 3.03. The molecule has 3 amide bonds. The minimum absolute atomic E-state index is 0.0486. The molecular weight excluding hydrogens is 308 g/mol. The number of carbonyl (C=O) groups is 3. The van der Waals surface area contributed by atoms with Gasteiger partial charge in [-0.2, -0.15) is 0 Å². The summed E-state index contributed by atoms with van der Waals surface area (Å²) in [6.45, 7) is 2.77. The first-order valence-electron chi connectivity index (χ1n) is 9.25. The number of nitrogens with one attached hydrogen (secondary N) is 2. The highest BCUT2D eigenvalue weighted by Crippen LogP contribution is 2.31. The first-order valence-corrected chi connectivity index (χ1v) is 9.25. The zero-order valence-electron chi connectivity index (χ0n) is 14.0. The van der Waals surface area contributed by atoms with Crippen LogP contribution in [0.4, 0.5) is 0 Å². The standard InChI is InChI=1S/C17H26N4O3/c22-15-9-18-17(24)14-8-11(10-21(14)15)19-16(23)12-4-3-7-20-6-2-1-5-13(12)20/h11-14H,1-10H2,(H,18,24)(H,19,23)/t11-,12-,13-,14+/m1/s1. The van der Waals surface area contributed by atoms with Gasteiger partial charge in [-0.15, -0.1) is 0 Å². The summed E-state index contributed by atoms with van der Waals surface area (Å²) >= 11 is 0. The van der Waals surface area contributed by atoms with Gasteiger partial charge in [-0.1, -0.05) is 6.42 Å². The van der Waals surface area contributed by atoms with Gasteiger partial charge in [0.15, 0.2) is 0 Å². The Morgan fingerprint density at radius 3 is 2.79 bits per heavy atom. The minimum atomic E-state index is -0.408. The van der Waals surface area contributed by atoms with Crippen LogP contribution in [0.3, 0.4) is 0 Å². The maximum Gasteiger partial charge on any atom is 0.243 e. The van der Waals surface area contributed by atoms with Crippen molar-refractivity contribution in [3.8, 4) is 0 Å². The fourth-order valence-electron chi connectivity index (χ4n) is 4.92. The summed E-state index contributed by atoms with van der Waals surface area (Å²) in [4.78, 5) is 40.8. The molecule has 132 valence electrons. The molecule has 4 saturated heterocycles. The number of hydrogen-bond acceptors (Lipinski definition) is 4. The van der Waals surface area contributed by atoms with Gasteiger partial charge in [-0.3, -0.25) is 19.3 Å². The Morgan fingerprint density at radius 2 is 1.96 bits per heavy atom. The molecule has 4 aliphatic heterocycles. The van der Waals surface area contributed by atoms with Crippen molar-refractivity contribution in [3.05, 3.63) is 0 Å². The molecule has 4 aliphatic rings. The minimum Gasteiger partial charge on any atom is -0.351 e. The first kappa shape index (κ1) is 15.9. The highest BCUT2D eigenvalue weighted by molar-refractivity contribution is 5.95. The Hall–Kier alpha value is -1.63. The summed E-state index contributed by atoms with van der Waals surface area (Å²) in [7, 11) is 0. The van der Waals surface area contributed by atoms with Crippen molar-refractivity contribution in [2.24, 2.45) is 5.92 Å². The van der Waals surface area contributed by atoms with Crippen molar-refractivity contribution in [3.63, 3.8) is 0 Å². The molecule has 0 spiro atoms. The summed E-state index contributed by atoms with van der Waals surface area (Å²) in [5.41, 5.74) is 0. The van der Waals surface area contributed by atoms with E-state index in [1.54, 1.807) is 4.90 Å². The van der Waals surface area contributed by atoms with Gasteiger partial charge in [0.2, 0.25) is 17.7 Å². The summed E-state index contributed by atoms with van der Waals surface area (Å²) < 4.78 is 0. The summed E-state index contributed by atoms with van der Waals surface area (Å²) in [5, 5.41) is 5.77. The van der Waals surface area contributed by atoms with Crippen molar-refractivity contribution >= 4 is 17.7 Å². The summed E-state index contributed by atoms with van der Waals surface area (Å²) in [6, 6.07) is -0.134. The van der Waals surface area contributed by atoms with Crippen molar-refractivity contribution in [1.29, 1.82) is 0 Å². The van der Waals surface area contributed by atoms with Crippen molar-refractivity contribution in [1.82, 2.24) is 20.4 Å². The van der Waals surface area contributed by atoms with E-state index in [9.17, 15) is 14.4 Å². The van der Waals surface area contributed by atoms with Crippen molar-refractivity contribution in [2.45, 2.75) is 56.7 Å². The lowest BCUT2D eigenvalue weighted by molar-refractivity contribution is -0.143. The molecule has 0 bridgehead atoms. The topological polar surface area (TPSA) is 81.8 Å². The quantitative estimate of drug-likeness (QED) is 0.711. The van der Waals surface area contributed by atoms with Gasteiger partial charge in [0.25, 0.3) is 0 Å².